The summed E-state index contributed by atoms with van der Waals surface area (Å²) in [6, 6.07) is 9.77. The third-order valence-electron chi connectivity index (χ3n) is 5.06. The second kappa shape index (κ2) is 9.47. The number of amides is 1. The van der Waals surface area contributed by atoms with E-state index >= 15 is 0 Å². The van der Waals surface area contributed by atoms with Crippen LogP contribution in [0.15, 0.2) is 41.7 Å². The first-order valence-electron chi connectivity index (χ1n) is 10.6. The molecule has 1 aliphatic heterocycles. The molecule has 0 radical (unpaired) electrons. The summed E-state index contributed by atoms with van der Waals surface area (Å²) in [5.74, 6) is 1.00. The number of benzene rings is 1. The minimum absolute atomic E-state index is 0.0149. The lowest BCUT2D eigenvalue weighted by Gasteiger charge is -2.18. The topological polar surface area (TPSA) is 75.9 Å². The highest BCUT2D eigenvalue weighted by Crippen LogP contribution is 2.30. The standard InChI is InChI=1S/C22H28N6OS/c1-16(2)30-22-25-20(27-11-6-7-12-27)18-15-24-28(21(18)26-22)13-10-23-19(29)14-17-8-4-3-5-9-17/h3-5,8-9,15-16H,6-7,10-14H2,1-2H3,(H,23,29). The average molecular weight is 425 g/mol. The molecular formula is C22H28N6OS. The number of fused-ring (bicyclic) bond motifs is 1. The Morgan fingerprint density at radius 1 is 1.17 bits per heavy atom. The molecule has 7 nitrogen and oxygen atoms in total. The van der Waals surface area contributed by atoms with E-state index in [9.17, 15) is 4.79 Å². The quantitative estimate of drug-likeness (QED) is 0.442. The van der Waals surface area contributed by atoms with Gasteiger partial charge in [0.05, 0.1) is 24.5 Å². The van der Waals surface area contributed by atoms with Crippen LogP contribution in [0.25, 0.3) is 11.0 Å². The number of hydrogen-bond acceptors (Lipinski definition) is 6. The fraction of sp³-hybridized carbons (Fsp3) is 0.455. The molecule has 0 atom stereocenters. The molecule has 30 heavy (non-hydrogen) atoms. The predicted octanol–water partition coefficient (Wildman–Crippen LogP) is 3.29. The Morgan fingerprint density at radius 3 is 2.67 bits per heavy atom. The SMILES string of the molecule is CC(C)Sc1nc(N2CCCC2)c2cnn(CCNC(=O)Cc3ccccc3)c2n1. The molecule has 1 N–H and O–H groups in total. The summed E-state index contributed by atoms with van der Waals surface area (Å²) in [7, 11) is 0. The third kappa shape index (κ3) is 4.92. The zero-order valence-electron chi connectivity index (χ0n) is 17.5. The van der Waals surface area contributed by atoms with Gasteiger partial charge in [0.25, 0.3) is 0 Å². The van der Waals surface area contributed by atoms with E-state index in [1.165, 1.54) is 12.8 Å². The fourth-order valence-corrected chi connectivity index (χ4v) is 4.36. The van der Waals surface area contributed by atoms with Gasteiger partial charge >= 0.3 is 0 Å². The van der Waals surface area contributed by atoms with E-state index in [2.05, 4.69) is 29.2 Å². The van der Waals surface area contributed by atoms with Crippen LogP contribution in [0.5, 0.6) is 0 Å². The molecule has 0 unspecified atom stereocenters. The van der Waals surface area contributed by atoms with Crippen LogP contribution < -0.4 is 10.2 Å². The van der Waals surface area contributed by atoms with E-state index in [1.807, 2.05) is 41.2 Å². The highest BCUT2D eigenvalue weighted by atomic mass is 32.2. The lowest BCUT2D eigenvalue weighted by atomic mass is 10.1. The molecule has 3 aromatic rings. The lowest BCUT2D eigenvalue weighted by Crippen LogP contribution is -2.29. The van der Waals surface area contributed by atoms with Crippen LogP contribution in [0.1, 0.15) is 32.3 Å². The van der Waals surface area contributed by atoms with Crippen molar-refractivity contribution in [1.29, 1.82) is 0 Å². The van der Waals surface area contributed by atoms with Crippen molar-refractivity contribution in [2.24, 2.45) is 0 Å². The molecule has 0 bridgehead atoms. The summed E-state index contributed by atoms with van der Waals surface area (Å²) in [5, 5.41) is 9.73. The monoisotopic (exact) mass is 424 g/mol. The van der Waals surface area contributed by atoms with Crippen molar-refractivity contribution in [2.45, 2.75) is 50.1 Å². The van der Waals surface area contributed by atoms with Crippen LogP contribution in [-0.2, 0) is 17.8 Å². The first-order valence-corrected chi connectivity index (χ1v) is 11.4. The molecule has 8 heteroatoms. The number of thioether (sulfide) groups is 1. The van der Waals surface area contributed by atoms with E-state index in [0.29, 0.717) is 24.8 Å². The summed E-state index contributed by atoms with van der Waals surface area (Å²) in [6.07, 6.45) is 4.63. The number of hydrogen-bond donors (Lipinski definition) is 1. The molecule has 0 spiro atoms. The largest absolute Gasteiger partial charge is 0.356 e. The summed E-state index contributed by atoms with van der Waals surface area (Å²) in [4.78, 5) is 24.2. The molecule has 0 aliphatic carbocycles. The van der Waals surface area contributed by atoms with Crippen LogP contribution in [0.3, 0.4) is 0 Å². The Hall–Kier alpha value is -2.61. The van der Waals surface area contributed by atoms with Crippen LogP contribution in [0.2, 0.25) is 0 Å². The van der Waals surface area contributed by atoms with Gasteiger partial charge in [-0.1, -0.05) is 55.9 Å². The number of aromatic nitrogens is 4. The van der Waals surface area contributed by atoms with Crippen molar-refractivity contribution in [3.63, 3.8) is 0 Å². The number of rotatable bonds is 8. The summed E-state index contributed by atoms with van der Waals surface area (Å²) >= 11 is 1.67. The molecule has 158 valence electrons. The maximum atomic E-state index is 12.2. The van der Waals surface area contributed by atoms with Crippen molar-refractivity contribution in [1.82, 2.24) is 25.1 Å². The Kier molecular flexibility index (Phi) is 6.52. The van der Waals surface area contributed by atoms with E-state index in [1.54, 1.807) is 11.8 Å². The van der Waals surface area contributed by atoms with Gasteiger partial charge in [-0.2, -0.15) is 5.10 Å². The van der Waals surface area contributed by atoms with Gasteiger partial charge in [-0.15, -0.1) is 0 Å². The van der Waals surface area contributed by atoms with Gasteiger partial charge in [-0.05, 0) is 18.4 Å². The lowest BCUT2D eigenvalue weighted by molar-refractivity contribution is -0.120. The van der Waals surface area contributed by atoms with Gasteiger partial charge in [-0.3, -0.25) is 4.79 Å². The average Bonchev–Trinajstić information content (AvgIpc) is 3.38. The number of nitrogens with one attached hydrogen (secondary N) is 1. The minimum atomic E-state index is 0.0149. The Bertz CT molecular complexity index is 998. The molecule has 1 fully saturated rings. The second-order valence-corrected chi connectivity index (χ2v) is 9.35. The molecule has 1 amide bonds. The van der Waals surface area contributed by atoms with Crippen LogP contribution >= 0.6 is 11.8 Å². The van der Waals surface area contributed by atoms with E-state index in [0.717, 1.165) is 40.7 Å². The van der Waals surface area contributed by atoms with Crippen molar-refractivity contribution in [3.05, 3.63) is 42.1 Å². The molecule has 2 aromatic heterocycles. The van der Waals surface area contributed by atoms with Gasteiger partial charge < -0.3 is 10.2 Å². The Labute approximate surface area is 181 Å². The number of carbonyl (C=O) groups is 1. The summed E-state index contributed by atoms with van der Waals surface area (Å²) in [5.41, 5.74) is 1.85. The van der Waals surface area contributed by atoms with Gasteiger partial charge in [0.2, 0.25) is 5.91 Å². The first kappa shape index (κ1) is 20.7. The highest BCUT2D eigenvalue weighted by Gasteiger charge is 2.21. The molecule has 1 aliphatic rings. The normalized spacial score (nSPS) is 14.0. The maximum absolute atomic E-state index is 12.2. The van der Waals surface area contributed by atoms with E-state index < -0.39 is 0 Å². The molecular weight excluding hydrogens is 396 g/mol. The first-order chi connectivity index (χ1) is 14.6. The van der Waals surface area contributed by atoms with Gasteiger partial charge in [0.15, 0.2) is 10.8 Å². The van der Waals surface area contributed by atoms with Gasteiger partial charge in [-0.25, -0.2) is 14.6 Å². The van der Waals surface area contributed by atoms with E-state index in [-0.39, 0.29) is 5.91 Å². The minimum Gasteiger partial charge on any atom is -0.356 e. The predicted molar refractivity (Wildman–Crippen MR) is 121 cm³/mol. The zero-order chi connectivity index (χ0) is 20.9. The smallest absolute Gasteiger partial charge is 0.224 e. The van der Waals surface area contributed by atoms with Crippen LogP contribution in [-0.4, -0.2) is 50.5 Å². The van der Waals surface area contributed by atoms with Crippen molar-refractivity contribution in [2.75, 3.05) is 24.5 Å². The van der Waals surface area contributed by atoms with Crippen LogP contribution in [0, 0.1) is 0 Å². The van der Waals surface area contributed by atoms with E-state index in [4.69, 9.17) is 9.97 Å². The summed E-state index contributed by atoms with van der Waals surface area (Å²) in [6.45, 7) is 7.43. The Morgan fingerprint density at radius 2 is 1.93 bits per heavy atom. The maximum Gasteiger partial charge on any atom is 0.224 e. The third-order valence-corrected chi connectivity index (χ3v) is 5.92. The zero-order valence-corrected chi connectivity index (χ0v) is 18.4. The Balaban J connectivity index is 1.48. The van der Waals surface area contributed by atoms with Gasteiger partial charge in [0, 0.05) is 24.9 Å². The fourth-order valence-electron chi connectivity index (χ4n) is 3.66. The number of anilines is 1. The molecule has 1 saturated heterocycles. The van der Waals surface area contributed by atoms with Gasteiger partial charge in [0.1, 0.15) is 5.82 Å². The second-order valence-electron chi connectivity index (χ2n) is 7.81. The van der Waals surface area contributed by atoms with Crippen molar-refractivity contribution >= 4 is 34.5 Å². The van der Waals surface area contributed by atoms with Crippen molar-refractivity contribution < 1.29 is 4.79 Å². The van der Waals surface area contributed by atoms with Crippen LogP contribution in [0.4, 0.5) is 5.82 Å². The molecule has 4 rings (SSSR count). The highest BCUT2D eigenvalue weighted by molar-refractivity contribution is 7.99. The summed E-state index contributed by atoms with van der Waals surface area (Å²) < 4.78 is 1.88. The molecule has 0 saturated carbocycles. The van der Waals surface area contributed by atoms with Crippen molar-refractivity contribution in [3.8, 4) is 0 Å². The number of nitrogens with zero attached hydrogens (tertiary/aromatic N) is 5. The number of carbonyl (C=O) groups excluding carboxylic acids is 1. The molecule has 3 heterocycles. The molecule has 1 aromatic carbocycles.